The molecular formula is C13H13N5OS2. The van der Waals surface area contributed by atoms with Gasteiger partial charge in [-0.05, 0) is 31.2 Å². The van der Waals surface area contributed by atoms with Crippen molar-refractivity contribution in [2.75, 3.05) is 0 Å². The average Bonchev–Trinajstić information content (AvgIpc) is 2.94. The van der Waals surface area contributed by atoms with E-state index < -0.39 is 0 Å². The van der Waals surface area contributed by atoms with E-state index in [1.54, 1.807) is 29.4 Å². The van der Waals surface area contributed by atoms with Crippen molar-refractivity contribution in [2.45, 2.75) is 36.2 Å². The highest BCUT2D eigenvalue weighted by atomic mass is 32.2. The normalized spacial score (nSPS) is 16.2. The molecule has 0 N–H and O–H groups in total. The molecule has 1 unspecified atom stereocenters. The lowest BCUT2D eigenvalue weighted by Gasteiger charge is -2.07. The molecule has 3 aromatic rings. The van der Waals surface area contributed by atoms with Gasteiger partial charge in [0.25, 0.3) is 0 Å². The van der Waals surface area contributed by atoms with Crippen molar-refractivity contribution in [1.29, 1.82) is 0 Å². The van der Waals surface area contributed by atoms with Crippen LogP contribution in [0.2, 0.25) is 0 Å². The Balaban J connectivity index is 1.52. The molecule has 0 bridgehead atoms. The summed E-state index contributed by atoms with van der Waals surface area (Å²) < 4.78 is 7.52. The van der Waals surface area contributed by atoms with Crippen LogP contribution in [0.4, 0.5) is 0 Å². The average molecular weight is 319 g/mol. The summed E-state index contributed by atoms with van der Waals surface area (Å²) >= 11 is 3.21. The van der Waals surface area contributed by atoms with E-state index in [1.807, 2.05) is 24.4 Å². The monoisotopic (exact) mass is 319 g/mol. The maximum absolute atomic E-state index is 5.38. The van der Waals surface area contributed by atoms with E-state index in [0.29, 0.717) is 17.8 Å². The third-order valence-corrected chi connectivity index (χ3v) is 5.22. The van der Waals surface area contributed by atoms with Crippen molar-refractivity contribution in [1.82, 2.24) is 24.9 Å². The minimum absolute atomic E-state index is 0.0490. The van der Waals surface area contributed by atoms with Crippen LogP contribution in [0.25, 0.3) is 10.7 Å². The van der Waals surface area contributed by atoms with Gasteiger partial charge in [0.05, 0.1) is 10.1 Å². The fourth-order valence-electron chi connectivity index (χ4n) is 2.03. The summed E-state index contributed by atoms with van der Waals surface area (Å²) in [5.41, 5.74) is 0. The summed E-state index contributed by atoms with van der Waals surface area (Å²) in [7, 11) is 0. The fourth-order valence-corrected chi connectivity index (χ4v) is 3.61. The van der Waals surface area contributed by atoms with Crippen molar-refractivity contribution >= 4 is 23.1 Å². The van der Waals surface area contributed by atoms with E-state index in [0.717, 1.165) is 10.0 Å². The molecule has 1 aliphatic rings. The van der Waals surface area contributed by atoms with Crippen LogP contribution < -0.4 is 0 Å². The van der Waals surface area contributed by atoms with Gasteiger partial charge >= 0.3 is 0 Å². The highest BCUT2D eigenvalue weighted by molar-refractivity contribution is 7.99. The molecule has 1 fully saturated rings. The molecule has 3 heterocycles. The van der Waals surface area contributed by atoms with Crippen LogP contribution in [0.1, 0.15) is 36.9 Å². The molecule has 108 valence electrons. The van der Waals surface area contributed by atoms with E-state index in [9.17, 15) is 0 Å². The molecule has 0 spiro atoms. The third kappa shape index (κ3) is 2.60. The van der Waals surface area contributed by atoms with Crippen molar-refractivity contribution in [3.05, 3.63) is 29.7 Å². The minimum atomic E-state index is 0.0490. The first-order valence-electron chi connectivity index (χ1n) is 6.75. The Kier molecular flexibility index (Phi) is 3.27. The van der Waals surface area contributed by atoms with Crippen LogP contribution in [0.15, 0.2) is 33.5 Å². The number of thiophene rings is 1. The van der Waals surface area contributed by atoms with Crippen molar-refractivity contribution in [3.8, 4) is 10.7 Å². The van der Waals surface area contributed by atoms with Crippen LogP contribution in [0, 0.1) is 0 Å². The zero-order chi connectivity index (χ0) is 14.2. The largest absolute Gasteiger partial charge is 0.338 e. The quantitative estimate of drug-likeness (QED) is 0.670. The van der Waals surface area contributed by atoms with E-state index >= 15 is 0 Å². The second-order valence-corrected chi connectivity index (χ2v) is 7.20. The molecular weight excluding hydrogens is 306 g/mol. The molecule has 6 nitrogen and oxygen atoms in total. The molecule has 21 heavy (non-hydrogen) atoms. The van der Waals surface area contributed by atoms with Gasteiger partial charge in [0, 0.05) is 6.04 Å². The standard InChI is InChI=1S/C13H13N5OS2/c1-8(21-13-16-14-7-18(13)9-4-5-9)12-15-11(17-19-12)10-3-2-6-20-10/h2-3,6-9H,4-5H2,1H3. The molecule has 3 aromatic heterocycles. The number of rotatable bonds is 5. The van der Waals surface area contributed by atoms with Crippen molar-refractivity contribution in [3.63, 3.8) is 0 Å². The van der Waals surface area contributed by atoms with E-state index in [2.05, 4.69) is 24.9 Å². The lowest BCUT2D eigenvalue weighted by atomic mass is 10.4. The zero-order valence-corrected chi connectivity index (χ0v) is 13.0. The number of hydrogen-bond acceptors (Lipinski definition) is 7. The second-order valence-electron chi connectivity index (χ2n) is 4.95. The van der Waals surface area contributed by atoms with Crippen LogP contribution in [0.3, 0.4) is 0 Å². The second kappa shape index (κ2) is 5.27. The SMILES string of the molecule is CC(Sc1nncn1C1CC1)c1nc(-c2cccs2)no1. The maximum atomic E-state index is 5.38. The van der Waals surface area contributed by atoms with Gasteiger partial charge in [-0.15, -0.1) is 21.5 Å². The van der Waals surface area contributed by atoms with E-state index in [1.165, 1.54) is 12.8 Å². The highest BCUT2D eigenvalue weighted by Gasteiger charge is 2.28. The Morgan fingerprint density at radius 2 is 2.38 bits per heavy atom. The lowest BCUT2D eigenvalue weighted by molar-refractivity contribution is 0.380. The first-order chi connectivity index (χ1) is 10.3. The van der Waals surface area contributed by atoms with Crippen LogP contribution in [-0.2, 0) is 0 Å². The Labute approximate surface area is 129 Å². The molecule has 0 saturated heterocycles. The Morgan fingerprint density at radius 3 is 3.14 bits per heavy atom. The van der Waals surface area contributed by atoms with Crippen LogP contribution >= 0.6 is 23.1 Å². The predicted molar refractivity (Wildman–Crippen MR) is 80.2 cm³/mol. The van der Waals surface area contributed by atoms with E-state index in [-0.39, 0.29) is 5.25 Å². The minimum Gasteiger partial charge on any atom is -0.338 e. The zero-order valence-electron chi connectivity index (χ0n) is 11.3. The van der Waals surface area contributed by atoms with Gasteiger partial charge in [0.1, 0.15) is 6.33 Å². The number of thioether (sulfide) groups is 1. The third-order valence-electron chi connectivity index (χ3n) is 3.29. The molecule has 1 saturated carbocycles. The molecule has 1 aliphatic carbocycles. The highest BCUT2D eigenvalue weighted by Crippen LogP contribution is 2.40. The molecule has 0 radical (unpaired) electrons. The summed E-state index contributed by atoms with van der Waals surface area (Å²) in [6, 6.07) is 4.53. The first-order valence-corrected chi connectivity index (χ1v) is 8.51. The molecule has 1 atom stereocenters. The van der Waals surface area contributed by atoms with Gasteiger partial charge in [0.2, 0.25) is 11.7 Å². The predicted octanol–water partition coefficient (Wildman–Crippen LogP) is 3.58. The summed E-state index contributed by atoms with van der Waals surface area (Å²) in [4.78, 5) is 5.49. The topological polar surface area (TPSA) is 69.6 Å². The Morgan fingerprint density at radius 1 is 1.48 bits per heavy atom. The van der Waals surface area contributed by atoms with Gasteiger partial charge in [0.15, 0.2) is 5.16 Å². The first kappa shape index (κ1) is 13.0. The van der Waals surface area contributed by atoms with Crippen LogP contribution in [0.5, 0.6) is 0 Å². The summed E-state index contributed by atoms with van der Waals surface area (Å²) in [6.07, 6.45) is 4.23. The van der Waals surface area contributed by atoms with Crippen molar-refractivity contribution in [2.24, 2.45) is 0 Å². The molecule has 0 amide bonds. The number of nitrogens with zero attached hydrogens (tertiary/aromatic N) is 5. The fraction of sp³-hybridized carbons (Fsp3) is 0.385. The van der Waals surface area contributed by atoms with Gasteiger partial charge in [-0.1, -0.05) is 23.0 Å². The molecule has 0 aliphatic heterocycles. The van der Waals surface area contributed by atoms with Gasteiger partial charge in [-0.25, -0.2) is 0 Å². The summed E-state index contributed by atoms with van der Waals surface area (Å²) in [5, 5.41) is 15.2. The van der Waals surface area contributed by atoms with Gasteiger partial charge in [-0.2, -0.15) is 4.98 Å². The number of aromatic nitrogens is 5. The maximum Gasteiger partial charge on any atom is 0.240 e. The van der Waals surface area contributed by atoms with E-state index in [4.69, 9.17) is 4.52 Å². The summed E-state index contributed by atoms with van der Waals surface area (Å²) in [5.74, 6) is 1.27. The van der Waals surface area contributed by atoms with Gasteiger partial charge in [-0.3, -0.25) is 0 Å². The lowest BCUT2D eigenvalue weighted by Crippen LogP contribution is -1.97. The molecule has 8 heteroatoms. The molecule has 4 rings (SSSR count). The Bertz CT molecular complexity index is 731. The summed E-state index contributed by atoms with van der Waals surface area (Å²) in [6.45, 7) is 2.04. The van der Waals surface area contributed by atoms with Crippen LogP contribution in [-0.4, -0.2) is 24.9 Å². The number of hydrogen-bond donors (Lipinski definition) is 0. The van der Waals surface area contributed by atoms with Crippen molar-refractivity contribution < 1.29 is 4.52 Å². The Hall–Kier alpha value is -1.67. The smallest absolute Gasteiger partial charge is 0.240 e. The molecule has 0 aromatic carbocycles. The van der Waals surface area contributed by atoms with Gasteiger partial charge < -0.3 is 9.09 Å².